The minimum atomic E-state index is 1.02. The third kappa shape index (κ3) is 16.8. The Morgan fingerprint density at radius 2 is 0.864 bits per heavy atom. The van der Waals surface area contributed by atoms with Crippen molar-refractivity contribution in [3.63, 3.8) is 0 Å². The molecule has 0 heterocycles. The van der Waals surface area contributed by atoms with Crippen LogP contribution in [0, 0.1) is 5.92 Å². The molecule has 0 aliphatic heterocycles. The summed E-state index contributed by atoms with van der Waals surface area (Å²) in [5.41, 5.74) is 0. The predicted molar refractivity (Wildman–Crippen MR) is 107 cm³/mol. The molecule has 0 saturated carbocycles. The van der Waals surface area contributed by atoms with Gasteiger partial charge in [0.1, 0.15) is 0 Å². The Bertz CT molecular complexity index is 174. The molecule has 0 aromatic heterocycles. The second-order valence-corrected chi connectivity index (χ2v) is 7.96. The second-order valence-electron chi connectivity index (χ2n) is 7.16. The fraction of sp³-hybridized carbons (Fsp3) is 1.00. The molecule has 0 unspecified atom stereocenters. The van der Waals surface area contributed by atoms with Gasteiger partial charge in [-0.1, -0.05) is 133 Å². The van der Waals surface area contributed by atoms with E-state index in [4.69, 9.17) is 0 Å². The smallest absolute Gasteiger partial charge is 0.00313 e. The maximum Gasteiger partial charge on any atom is 0.00313 e. The van der Waals surface area contributed by atoms with Crippen LogP contribution in [0.2, 0.25) is 0 Å². The molecule has 0 fully saturated rings. The van der Waals surface area contributed by atoms with Gasteiger partial charge in [0.15, 0.2) is 0 Å². The molecule has 0 aliphatic rings. The van der Waals surface area contributed by atoms with Gasteiger partial charge in [-0.2, -0.15) is 0 Å². The molecule has 0 aromatic carbocycles. The lowest BCUT2D eigenvalue weighted by Gasteiger charge is -2.16. The fourth-order valence-electron chi connectivity index (χ4n) is 3.39. The molecule has 0 nitrogen and oxygen atoms in total. The molecule has 0 radical (unpaired) electrons. The van der Waals surface area contributed by atoms with E-state index in [0.29, 0.717) is 0 Å². The maximum absolute atomic E-state index is 3.58. The molecule has 1 heteroatoms. The van der Waals surface area contributed by atoms with Crippen LogP contribution >= 0.6 is 15.9 Å². The normalized spacial score (nSPS) is 11.5. The molecule has 0 atom stereocenters. The molecular weight excluding hydrogens is 332 g/mol. The van der Waals surface area contributed by atoms with Crippen LogP contribution < -0.4 is 0 Å². The highest BCUT2D eigenvalue weighted by molar-refractivity contribution is 9.09. The van der Waals surface area contributed by atoms with E-state index in [-0.39, 0.29) is 0 Å². The van der Waals surface area contributed by atoms with Crippen molar-refractivity contribution in [3.05, 3.63) is 0 Å². The quantitative estimate of drug-likeness (QED) is 0.166. The van der Waals surface area contributed by atoms with E-state index in [1.54, 1.807) is 0 Å². The minimum Gasteiger partial charge on any atom is -0.0928 e. The first-order valence-electron chi connectivity index (χ1n) is 10.4. The molecule has 0 rings (SSSR count). The van der Waals surface area contributed by atoms with Gasteiger partial charge in [-0.3, -0.25) is 0 Å². The van der Waals surface area contributed by atoms with E-state index in [0.717, 1.165) is 5.92 Å². The molecule has 0 aromatic rings. The summed E-state index contributed by atoms with van der Waals surface area (Å²) in [5, 5.41) is 1.19. The Balaban J connectivity index is 3.65. The second kappa shape index (κ2) is 19.5. The van der Waals surface area contributed by atoms with Crippen molar-refractivity contribution >= 4 is 15.9 Å². The number of hydrogen-bond acceptors (Lipinski definition) is 0. The largest absolute Gasteiger partial charge is 0.0928 e. The standard InChI is InChI=1S/C21H43Br/c1-3-5-7-9-11-13-17-21(19-15-16-20-22)18-14-12-10-8-6-4-2/h21H,3-20H2,1-2H3. The van der Waals surface area contributed by atoms with Crippen LogP contribution in [0.1, 0.15) is 123 Å². The number of alkyl halides is 1. The van der Waals surface area contributed by atoms with Gasteiger partial charge in [0, 0.05) is 5.33 Å². The van der Waals surface area contributed by atoms with Crippen molar-refractivity contribution in [1.29, 1.82) is 0 Å². The van der Waals surface area contributed by atoms with Crippen molar-refractivity contribution in [3.8, 4) is 0 Å². The zero-order valence-corrected chi connectivity index (χ0v) is 17.3. The minimum absolute atomic E-state index is 1.02. The molecule has 0 amide bonds. The van der Waals surface area contributed by atoms with Crippen molar-refractivity contribution in [2.24, 2.45) is 5.92 Å². The summed E-state index contributed by atoms with van der Waals surface area (Å²) >= 11 is 3.58. The van der Waals surface area contributed by atoms with Gasteiger partial charge in [0.2, 0.25) is 0 Å². The molecule has 22 heavy (non-hydrogen) atoms. The molecule has 0 N–H and O–H groups in total. The van der Waals surface area contributed by atoms with Crippen LogP contribution in [0.3, 0.4) is 0 Å². The van der Waals surface area contributed by atoms with Crippen LogP contribution in [0.25, 0.3) is 0 Å². The summed E-state index contributed by atoms with van der Waals surface area (Å²) in [6.07, 6.45) is 24.7. The summed E-state index contributed by atoms with van der Waals surface area (Å²) in [7, 11) is 0. The van der Waals surface area contributed by atoms with E-state index in [2.05, 4.69) is 29.8 Å². The Morgan fingerprint density at radius 3 is 1.27 bits per heavy atom. The molecule has 0 bridgehead atoms. The number of halogens is 1. The average Bonchev–Trinajstić information content (AvgIpc) is 2.53. The highest BCUT2D eigenvalue weighted by Gasteiger charge is 2.08. The van der Waals surface area contributed by atoms with Gasteiger partial charge in [-0.05, 0) is 12.3 Å². The summed E-state index contributed by atoms with van der Waals surface area (Å²) in [5.74, 6) is 1.02. The fourth-order valence-corrected chi connectivity index (χ4v) is 3.78. The van der Waals surface area contributed by atoms with Gasteiger partial charge in [0.05, 0.1) is 0 Å². The Hall–Kier alpha value is 0.480. The Morgan fingerprint density at radius 1 is 0.500 bits per heavy atom. The van der Waals surface area contributed by atoms with E-state index in [1.165, 1.54) is 114 Å². The lowest BCUT2D eigenvalue weighted by molar-refractivity contribution is 0.371. The molecule has 134 valence electrons. The summed E-state index contributed by atoms with van der Waals surface area (Å²) in [4.78, 5) is 0. The van der Waals surface area contributed by atoms with Crippen LogP contribution in [-0.2, 0) is 0 Å². The molecule has 0 saturated heterocycles. The monoisotopic (exact) mass is 374 g/mol. The van der Waals surface area contributed by atoms with Crippen LogP contribution in [0.5, 0.6) is 0 Å². The van der Waals surface area contributed by atoms with Crippen molar-refractivity contribution in [1.82, 2.24) is 0 Å². The van der Waals surface area contributed by atoms with Crippen LogP contribution in [0.15, 0.2) is 0 Å². The molecular formula is C21H43Br. The third-order valence-electron chi connectivity index (χ3n) is 4.93. The zero-order valence-electron chi connectivity index (χ0n) is 15.7. The van der Waals surface area contributed by atoms with Gasteiger partial charge in [-0.15, -0.1) is 0 Å². The number of hydrogen-bond donors (Lipinski definition) is 0. The lowest BCUT2D eigenvalue weighted by Crippen LogP contribution is -2.01. The van der Waals surface area contributed by atoms with E-state index >= 15 is 0 Å². The van der Waals surface area contributed by atoms with E-state index < -0.39 is 0 Å². The summed E-state index contributed by atoms with van der Waals surface area (Å²) < 4.78 is 0. The van der Waals surface area contributed by atoms with Gasteiger partial charge in [0.25, 0.3) is 0 Å². The average molecular weight is 375 g/mol. The SMILES string of the molecule is CCCCCCCCC(CCCCBr)CCCCCCCC. The Labute approximate surface area is 150 Å². The predicted octanol–water partition coefficient (Wildman–Crippen LogP) is 8.67. The third-order valence-corrected chi connectivity index (χ3v) is 5.49. The first-order valence-corrected chi connectivity index (χ1v) is 11.5. The van der Waals surface area contributed by atoms with Gasteiger partial charge in [-0.25, -0.2) is 0 Å². The van der Waals surface area contributed by atoms with Crippen LogP contribution in [0.4, 0.5) is 0 Å². The summed E-state index contributed by atoms with van der Waals surface area (Å²) in [6.45, 7) is 4.61. The number of rotatable bonds is 18. The maximum atomic E-state index is 3.58. The summed E-state index contributed by atoms with van der Waals surface area (Å²) in [6, 6.07) is 0. The highest BCUT2D eigenvalue weighted by Crippen LogP contribution is 2.24. The van der Waals surface area contributed by atoms with Gasteiger partial charge >= 0.3 is 0 Å². The molecule has 0 aliphatic carbocycles. The van der Waals surface area contributed by atoms with Crippen molar-refractivity contribution < 1.29 is 0 Å². The Kier molecular flexibility index (Phi) is 20.0. The van der Waals surface area contributed by atoms with Crippen LogP contribution in [-0.4, -0.2) is 5.33 Å². The van der Waals surface area contributed by atoms with Gasteiger partial charge < -0.3 is 0 Å². The first kappa shape index (κ1) is 22.5. The molecule has 0 spiro atoms. The van der Waals surface area contributed by atoms with E-state index in [9.17, 15) is 0 Å². The van der Waals surface area contributed by atoms with Crippen molar-refractivity contribution in [2.75, 3.05) is 5.33 Å². The number of unbranched alkanes of at least 4 members (excludes halogenated alkanes) is 11. The topological polar surface area (TPSA) is 0 Å². The van der Waals surface area contributed by atoms with E-state index in [1.807, 2.05) is 0 Å². The highest BCUT2D eigenvalue weighted by atomic mass is 79.9. The van der Waals surface area contributed by atoms with Crippen molar-refractivity contribution in [2.45, 2.75) is 123 Å². The first-order chi connectivity index (χ1) is 10.8. The zero-order chi connectivity index (χ0) is 16.3. The lowest BCUT2D eigenvalue weighted by atomic mass is 9.90.